The van der Waals surface area contributed by atoms with Gasteiger partial charge in [0.25, 0.3) is 0 Å². The Labute approximate surface area is 177 Å². The molecule has 3 atom stereocenters. The van der Waals surface area contributed by atoms with Gasteiger partial charge in [-0.2, -0.15) is 4.98 Å². The van der Waals surface area contributed by atoms with Crippen LogP contribution in [0.4, 0.5) is 5.95 Å². The lowest BCUT2D eigenvalue weighted by atomic mass is 10.2. The quantitative estimate of drug-likeness (QED) is 0.376. The Morgan fingerprint density at radius 3 is 2.81 bits per heavy atom. The molecule has 0 bridgehead atoms. The number of carbonyl (C=O) groups excluding carboxylic acids is 2. The molecule has 2 aromatic rings. The maximum Gasteiger partial charge on any atom is 0.333 e. The molecule has 1 fully saturated rings. The van der Waals surface area contributed by atoms with Crippen LogP contribution in [0.25, 0.3) is 11.2 Å². The molecule has 11 heteroatoms. The number of aromatic nitrogens is 4. The molecule has 3 rings (SSSR count). The molecule has 1 aliphatic heterocycles. The minimum absolute atomic E-state index is 0.0277. The van der Waals surface area contributed by atoms with E-state index in [9.17, 15) is 14.4 Å². The molecule has 0 unspecified atom stereocenters. The van der Waals surface area contributed by atoms with Gasteiger partial charge in [-0.25, -0.2) is 14.3 Å². The summed E-state index contributed by atoms with van der Waals surface area (Å²) in [6, 6.07) is 0. The molecule has 0 aromatic carbocycles. The Morgan fingerprint density at radius 1 is 1.35 bits per heavy atom. The van der Waals surface area contributed by atoms with Crippen molar-refractivity contribution in [2.45, 2.75) is 57.8 Å². The fourth-order valence-electron chi connectivity index (χ4n) is 3.31. The summed E-state index contributed by atoms with van der Waals surface area (Å²) < 4.78 is 18.9. The zero-order chi connectivity index (χ0) is 22.5. The molecule has 31 heavy (non-hydrogen) atoms. The van der Waals surface area contributed by atoms with Crippen molar-refractivity contribution in [3.63, 3.8) is 0 Å². The normalized spacial score (nSPS) is 20.2. The van der Waals surface area contributed by atoms with Gasteiger partial charge in [-0.15, -0.1) is 18.8 Å². The molecular formula is C20H21N5O6. The first-order valence-corrected chi connectivity index (χ1v) is 9.48. The van der Waals surface area contributed by atoms with Gasteiger partial charge in [0.15, 0.2) is 18.0 Å². The average molecular weight is 427 g/mol. The van der Waals surface area contributed by atoms with Gasteiger partial charge in [0, 0.05) is 19.8 Å². The topological polar surface area (TPSA) is 141 Å². The second-order valence-corrected chi connectivity index (χ2v) is 6.77. The van der Waals surface area contributed by atoms with Crippen LogP contribution in [0.2, 0.25) is 0 Å². The first-order chi connectivity index (χ1) is 14.8. The number of rotatable bonds is 7. The van der Waals surface area contributed by atoms with E-state index in [1.54, 1.807) is 0 Å². The van der Waals surface area contributed by atoms with Crippen molar-refractivity contribution >= 4 is 29.1 Å². The number of nitrogen functional groups attached to an aromatic ring is 1. The van der Waals surface area contributed by atoms with Crippen molar-refractivity contribution in [3.8, 4) is 24.7 Å². The maximum atomic E-state index is 13.1. The summed E-state index contributed by atoms with van der Waals surface area (Å²) in [5.74, 6) is 3.65. The number of hydrogen-bond acceptors (Lipinski definition) is 9. The van der Waals surface area contributed by atoms with Gasteiger partial charge in [0.2, 0.25) is 12.2 Å². The molecule has 1 saturated heterocycles. The van der Waals surface area contributed by atoms with E-state index in [0.717, 1.165) is 0 Å². The van der Waals surface area contributed by atoms with Gasteiger partial charge in [0.05, 0.1) is 19.2 Å². The Bertz CT molecular complexity index is 1140. The molecule has 2 aromatic heterocycles. The van der Waals surface area contributed by atoms with Crippen LogP contribution < -0.4 is 11.4 Å². The number of unbranched alkanes of at least 4 members (excludes halogenated alkanes) is 1. The molecule has 2 N–H and O–H groups in total. The van der Waals surface area contributed by atoms with Crippen LogP contribution in [0.15, 0.2) is 11.0 Å². The number of nitrogens with two attached hydrogens (primary N) is 1. The van der Waals surface area contributed by atoms with Gasteiger partial charge in [-0.3, -0.25) is 14.2 Å². The third-order valence-electron chi connectivity index (χ3n) is 4.54. The van der Waals surface area contributed by atoms with Gasteiger partial charge in [-0.05, 0) is 6.42 Å². The molecule has 0 radical (unpaired) electrons. The molecule has 0 aliphatic carbocycles. The van der Waals surface area contributed by atoms with Crippen LogP contribution in [-0.2, 0) is 30.3 Å². The predicted octanol–water partition coefficient (Wildman–Crippen LogP) is 0.332. The number of nitrogens with zero attached hydrogens (tertiary/aromatic N) is 4. The largest absolute Gasteiger partial charge is 0.457 e. The van der Waals surface area contributed by atoms with E-state index in [0.29, 0.717) is 18.4 Å². The molecule has 0 amide bonds. The highest BCUT2D eigenvalue weighted by molar-refractivity contribution is 5.72. The minimum atomic E-state index is -1.12. The van der Waals surface area contributed by atoms with Crippen molar-refractivity contribution in [1.82, 2.24) is 19.1 Å². The number of hydrogen-bond donors (Lipinski definition) is 1. The summed E-state index contributed by atoms with van der Waals surface area (Å²) in [5.41, 5.74) is 5.61. The van der Waals surface area contributed by atoms with Crippen LogP contribution in [-0.4, -0.2) is 43.4 Å². The summed E-state index contributed by atoms with van der Waals surface area (Å²) in [6.07, 6.45) is 9.89. The molecule has 0 spiro atoms. The highest BCUT2D eigenvalue weighted by Crippen LogP contribution is 2.33. The number of imidazole rings is 1. The third kappa shape index (κ3) is 4.68. The standard InChI is InChI=1S/C20H21N5O6/c1-4-6-7-8-15(27)30-16-10-14(29-12(3)26)18(31-16)25-17-13(11-22-19(21)23-17)24(9-5-2)20(25)28/h1-2,11,14,16,18H,6-10H2,3H3,(H2,21,22,23)/t14-,16-,18-/m1/s1. The van der Waals surface area contributed by atoms with Crippen LogP contribution in [0.5, 0.6) is 0 Å². The highest BCUT2D eigenvalue weighted by Gasteiger charge is 2.43. The van der Waals surface area contributed by atoms with E-state index >= 15 is 0 Å². The summed E-state index contributed by atoms with van der Waals surface area (Å²) >= 11 is 0. The Kier molecular flexibility index (Phi) is 6.58. The van der Waals surface area contributed by atoms with Gasteiger partial charge in [-0.1, -0.05) is 5.92 Å². The number of ether oxygens (including phenoxy) is 3. The molecule has 162 valence electrons. The van der Waals surface area contributed by atoms with Gasteiger partial charge in [0.1, 0.15) is 5.52 Å². The fraction of sp³-hybridized carbons (Fsp3) is 0.450. The Balaban J connectivity index is 1.95. The lowest BCUT2D eigenvalue weighted by Gasteiger charge is -2.19. The zero-order valence-corrected chi connectivity index (χ0v) is 16.8. The average Bonchev–Trinajstić information content (AvgIpc) is 3.19. The minimum Gasteiger partial charge on any atom is -0.457 e. The van der Waals surface area contributed by atoms with Crippen LogP contribution in [0, 0.1) is 24.7 Å². The van der Waals surface area contributed by atoms with E-state index < -0.39 is 36.3 Å². The smallest absolute Gasteiger partial charge is 0.333 e. The second kappa shape index (κ2) is 9.32. The highest BCUT2D eigenvalue weighted by atomic mass is 16.7. The number of anilines is 1. The lowest BCUT2D eigenvalue weighted by molar-refractivity contribution is -0.183. The number of carbonyl (C=O) groups is 2. The van der Waals surface area contributed by atoms with Crippen molar-refractivity contribution in [1.29, 1.82) is 0 Å². The molecule has 11 nitrogen and oxygen atoms in total. The number of fused-ring (bicyclic) bond motifs is 1. The summed E-state index contributed by atoms with van der Waals surface area (Å²) in [6.45, 7) is 1.18. The van der Waals surface area contributed by atoms with Crippen molar-refractivity contribution in [2.75, 3.05) is 5.73 Å². The van der Waals surface area contributed by atoms with Crippen LogP contribution in [0.3, 0.4) is 0 Å². The Morgan fingerprint density at radius 2 is 2.13 bits per heavy atom. The molecule has 3 heterocycles. The maximum absolute atomic E-state index is 13.1. The summed E-state index contributed by atoms with van der Waals surface area (Å²) in [7, 11) is 0. The number of esters is 2. The van der Waals surface area contributed by atoms with Gasteiger partial charge >= 0.3 is 17.6 Å². The summed E-state index contributed by atoms with van der Waals surface area (Å²) in [4.78, 5) is 44.8. The van der Waals surface area contributed by atoms with Gasteiger partial charge < -0.3 is 19.9 Å². The first kappa shape index (κ1) is 21.9. The van der Waals surface area contributed by atoms with Crippen molar-refractivity contribution in [2.24, 2.45) is 0 Å². The van der Waals surface area contributed by atoms with Crippen molar-refractivity contribution < 1.29 is 23.8 Å². The second-order valence-electron chi connectivity index (χ2n) is 6.77. The van der Waals surface area contributed by atoms with E-state index in [1.165, 1.54) is 22.3 Å². The van der Waals surface area contributed by atoms with Crippen LogP contribution in [0.1, 0.15) is 38.8 Å². The predicted molar refractivity (Wildman–Crippen MR) is 108 cm³/mol. The first-order valence-electron chi connectivity index (χ1n) is 9.48. The number of terminal acetylenes is 2. The zero-order valence-electron chi connectivity index (χ0n) is 16.8. The molecule has 0 saturated carbocycles. The molecule has 1 aliphatic rings. The third-order valence-corrected chi connectivity index (χ3v) is 4.54. The Hall–Kier alpha value is -3.83. The van der Waals surface area contributed by atoms with E-state index in [-0.39, 0.29) is 31.0 Å². The lowest BCUT2D eigenvalue weighted by Crippen LogP contribution is -2.33. The van der Waals surface area contributed by atoms with E-state index in [1.807, 2.05) is 0 Å². The SMILES string of the molecule is C#CCCCC(=O)O[C@H]1C[C@@H](OC(C)=O)[C@H](n2c(=O)n(CC#C)c3cnc(N)nc32)O1. The summed E-state index contributed by atoms with van der Waals surface area (Å²) in [5, 5.41) is 0. The van der Waals surface area contributed by atoms with E-state index in [4.69, 9.17) is 32.8 Å². The fourth-order valence-corrected chi connectivity index (χ4v) is 3.31. The van der Waals surface area contributed by atoms with Crippen molar-refractivity contribution in [3.05, 3.63) is 16.7 Å². The van der Waals surface area contributed by atoms with Crippen LogP contribution >= 0.6 is 0 Å². The monoisotopic (exact) mass is 427 g/mol. The van der Waals surface area contributed by atoms with E-state index in [2.05, 4.69) is 21.8 Å². The molecular weight excluding hydrogens is 406 g/mol.